The van der Waals surface area contributed by atoms with Crippen molar-refractivity contribution < 1.29 is 9.90 Å². The lowest BCUT2D eigenvalue weighted by Crippen LogP contribution is -2.49. The molecule has 0 aromatic rings. The average molecular weight is 197 g/mol. The van der Waals surface area contributed by atoms with Gasteiger partial charge in [-0.3, -0.25) is 4.79 Å². The van der Waals surface area contributed by atoms with E-state index in [0.29, 0.717) is 12.6 Å². The monoisotopic (exact) mass is 197 g/mol. The van der Waals surface area contributed by atoms with E-state index in [2.05, 4.69) is 6.92 Å². The molecule has 80 valence electrons. The van der Waals surface area contributed by atoms with E-state index >= 15 is 0 Å². The fraction of sp³-hybridized carbons (Fsp3) is 0.909. The minimum atomic E-state index is -0.308. The molecule has 1 aliphatic carbocycles. The van der Waals surface area contributed by atoms with E-state index < -0.39 is 0 Å². The van der Waals surface area contributed by atoms with Crippen LogP contribution in [0.15, 0.2) is 0 Å². The fourth-order valence-corrected chi connectivity index (χ4v) is 2.12. The van der Waals surface area contributed by atoms with Crippen LogP contribution >= 0.6 is 0 Å². The van der Waals surface area contributed by atoms with Gasteiger partial charge in [-0.25, -0.2) is 0 Å². The van der Waals surface area contributed by atoms with Crippen molar-refractivity contribution in [1.29, 1.82) is 0 Å². The Labute approximate surface area is 85.1 Å². The van der Waals surface area contributed by atoms with Gasteiger partial charge in [0.2, 0.25) is 5.91 Å². The summed E-state index contributed by atoms with van der Waals surface area (Å²) in [6.07, 6.45) is 3.50. The Bertz CT molecular complexity index is 248. The van der Waals surface area contributed by atoms with Gasteiger partial charge in [-0.15, -0.1) is 0 Å². The number of aliphatic hydroxyl groups excluding tert-OH is 1. The molecule has 2 atom stereocenters. The summed E-state index contributed by atoms with van der Waals surface area (Å²) in [5.41, 5.74) is -0.0919. The summed E-state index contributed by atoms with van der Waals surface area (Å²) in [6.45, 7) is 4.65. The normalized spacial score (nSPS) is 35.5. The Kier molecular flexibility index (Phi) is 2.30. The third kappa shape index (κ3) is 1.65. The maximum Gasteiger partial charge on any atom is 0.228 e. The zero-order valence-corrected chi connectivity index (χ0v) is 8.99. The summed E-state index contributed by atoms with van der Waals surface area (Å²) >= 11 is 0. The fourth-order valence-electron chi connectivity index (χ4n) is 2.12. The number of aliphatic hydroxyl groups is 1. The molecule has 0 bridgehead atoms. The van der Waals surface area contributed by atoms with Gasteiger partial charge in [-0.1, -0.05) is 6.92 Å². The molecule has 1 saturated carbocycles. The number of nitrogens with zero attached hydrogens (tertiary/aromatic N) is 1. The summed E-state index contributed by atoms with van der Waals surface area (Å²) in [4.78, 5) is 13.9. The van der Waals surface area contributed by atoms with Gasteiger partial charge in [0.1, 0.15) is 0 Å². The second kappa shape index (κ2) is 3.23. The molecule has 14 heavy (non-hydrogen) atoms. The van der Waals surface area contributed by atoms with E-state index in [1.165, 1.54) is 0 Å². The molecule has 0 aromatic carbocycles. The first-order valence-corrected chi connectivity index (χ1v) is 5.52. The lowest BCUT2D eigenvalue weighted by molar-refractivity contribution is -0.142. The van der Waals surface area contributed by atoms with Crippen LogP contribution in [0, 0.1) is 5.41 Å². The molecule has 1 aliphatic heterocycles. The predicted molar refractivity (Wildman–Crippen MR) is 53.8 cm³/mol. The molecular formula is C11H19NO2. The van der Waals surface area contributed by atoms with E-state index in [0.717, 1.165) is 25.7 Å². The first-order valence-electron chi connectivity index (χ1n) is 5.52. The van der Waals surface area contributed by atoms with Gasteiger partial charge in [0.05, 0.1) is 6.10 Å². The molecule has 1 heterocycles. The van der Waals surface area contributed by atoms with E-state index in [4.69, 9.17) is 0 Å². The third-order valence-corrected chi connectivity index (χ3v) is 3.63. The van der Waals surface area contributed by atoms with Crippen LogP contribution in [-0.4, -0.2) is 34.6 Å². The molecule has 3 nitrogen and oxygen atoms in total. The van der Waals surface area contributed by atoms with Crippen LogP contribution in [-0.2, 0) is 4.79 Å². The standard InChI is InChI=1S/C11H19NO2/c1-8-3-4-9(13)7-12(8)10(14)11(2)5-6-11/h8-9,13H,3-7H2,1-2H3. The molecule has 1 amide bonds. The van der Waals surface area contributed by atoms with Crippen LogP contribution in [0.5, 0.6) is 0 Å². The van der Waals surface area contributed by atoms with Crippen LogP contribution in [0.25, 0.3) is 0 Å². The van der Waals surface area contributed by atoms with E-state index in [9.17, 15) is 9.90 Å². The lowest BCUT2D eigenvalue weighted by Gasteiger charge is -2.37. The van der Waals surface area contributed by atoms with Crippen molar-refractivity contribution in [2.75, 3.05) is 6.54 Å². The number of carbonyl (C=O) groups is 1. The minimum Gasteiger partial charge on any atom is -0.391 e. The van der Waals surface area contributed by atoms with Crippen LogP contribution in [0.1, 0.15) is 39.5 Å². The van der Waals surface area contributed by atoms with Crippen LogP contribution in [0.3, 0.4) is 0 Å². The van der Waals surface area contributed by atoms with Gasteiger partial charge in [-0.2, -0.15) is 0 Å². The summed E-state index contributed by atoms with van der Waals surface area (Å²) in [7, 11) is 0. The first-order chi connectivity index (χ1) is 6.53. The highest BCUT2D eigenvalue weighted by atomic mass is 16.3. The summed E-state index contributed by atoms with van der Waals surface area (Å²) < 4.78 is 0. The molecule has 1 N–H and O–H groups in total. The Balaban J connectivity index is 2.04. The lowest BCUT2D eigenvalue weighted by atomic mass is 9.98. The van der Waals surface area contributed by atoms with Crippen molar-refractivity contribution in [3.63, 3.8) is 0 Å². The van der Waals surface area contributed by atoms with Gasteiger partial charge >= 0.3 is 0 Å². The van der Waals surface area contributed by atoms with Crippen LogP contribution in [0.2, 0.25) is 0 Å². The second-order valence-corrected chi connectivity index (χ2v) is 5.10. The largest absolute Gasteiger partial charge is 0.391 e. The Morgan fingerprint density at radius 3 is 2.64 bits per heavy atom. The molecule has 0 aromatic heterocycles. The smallest absolute Gasteiger partial charge is 0.228 e. The number of piperidine rings is 1. The summed E-state index contributed by atoms with van der Waals surface area (Å²) in [5.74, 6) is 0.253. The Morgan fingerprint density at radius 2 is 2.07 bits per heavy atom. The topological polar surface area (TPSA) is 40.5 Å². The Morgan fingerprint density at radius 1 is 1.43 bits per heavy atom. The third-order valence-electron chi connectivity index (χ3n) is 3.63. The molecule has 2 fully saturated rings. The molecule has 3 heteroatoms. The van der Waals surface area contributed by atoms with E-state index in [1.54, 1.807) is 0 Å². The zero-order chi connectivity index (χ0) is 10.3. The van der Waals surface area contributed by atoms with Crippen molar-refractivity contribution in [2.24, 2.45) is 5.41 Å². The highest BCUT2D eigenvalue weighted by Gasteiger charge is 2.48. The first kappa shape index (κ1) is 9.97. The number of hydrogen-bond donors (Lipinski definition) is 1. The van der Waals surface area contributed by atoms with Crippen molar-refractivity contribution in [2.45, 2.75) is 51.7 Å². The molecule has 0 radical (unpaired) electrons. The minimum absolute atomic E-state index is 0.0919. The van der Waals surface area contributed by atoms with Gasteiger partial charge in [-0.05, 0) is 32.6 Å². The van der Waals surface area contributed by atoms with Crippen molar-refractivity contribution in [1.82, 2.24) is 4.90 Å². The van der Waals surface area contributed by atoms with Gasteiger partial charge in [0.15, 0.2) is 0 Å². The number of carbonyl (C=O) groups excluding carboxylic acids is 1. The quantitative estimate of drug-likeness (QED) is 0.685. The molecule has 1 saturated heterocycles. The summed E-state index contributed by atoms with van der Waals surface area (Å²) in [5, 5.41) is 9.54. The maximum atomic E-state index is 12.1. The maximum absolute atomic E-state index is 12.1. The number of likely N-dealkylation sites (tertiary alicyclic amines) is 1. The SMILES string of the molecule is CC1CCC(O)CN1C(=O)C1(C)CC1. The molecule has 2 unspecified atom stereocenters. The second-order valence-electron chi connectivity index (χ2n) is 5.10. The molecule has 2 rings (SSSR count). The molecule has 2 aliphatic rings. The van der Waals surface area contributed by atoms with Gasteiger partial charge < -0.3 is 10.0 Å². The highest BCUT2D eigenvalue weighted by molar-refractivity contribution is 5.85. The number of rotatable bonds is 1. The highest BCUT2D eigenvalue weighted by Crippen LogP contribution is 2.47. The van der Waals surface area contributed by atoms with Crippen molar-refractivity contribution in [3.05, 3.63) is 0 Å². The average Bonchev–Trinajstić information content (AvgIpc) is 2.88. The van der Waals surface area contributed by atoms with Crippen molar-refractivity contribution >= 4 is 5.91 Å². The van der Waals surface area contributed by atoms with E-state index in [-0.39, 0.29) is 17.4 Å². The number of amides is 1. The number of β-amino-alcohol motifs (C(OH)–C–C–N with tert-alkyl or cyclic N) is 1. The Hall–Kier alpha value is -0.570. The van der Waals surface area contributed by atoms with E-state index in [1.807, 2.05) is 11.8 Å². The van der Waals surface area contributed by atoms with Gasteiger partial charge in [0, 0.05) is 18.0 Å². The number of hydrogen-bond acceptors (Lipinski definition) is 2. The van der Waals surface area contributed by atoms with Crippen LogP contribution < -0.4 is 0 Å². The summed E-state index contributed by atoms with van der Waals surface area (Å²) in [6, 6.07) is 0.309. The van der Waals surface area contributed by atoms with Crippen molar-refractivity contribution in [3.8, 4) is 0 Å². The zero-order valence-electron chi connectivity index (χ0n) is 8.99. The molecular weight excluding hydrogens is 178 g/mol. The van der Waals surface area contributed by atoms with Crippen LogP contribution in [0.4, 0.5) is 0 Å². The molecule has 0 spiro atoms. The van der Waals surface area contributed by atoms with Gasteiger partial charge in [0.25, 0.3) is 0 Å². The predicted octanol–water partition coefficient (Wildman–Crippen LogP) is 1.16.